The molecule has 32 heavy (non-hydrogen) atoms. The predicted molar refractivity (Wildman–Crippen MR) is 134 cm³/mol. The normalized spacial score (nSPS) is 14.8. The van der Waals surface area contributed by atoms with Crippen LogP contribution in [0.3, 0.4) is 0 Å². The van der Waals surface area contributed by atoms with Crippen molar-refractivity contribution < 1.29 is 13.7 Å². The van der Waals surface area contributed by atoms with Crippen molar-refractivity contribution in [2.24, 2.45) is 10.9 Å². The van der Waals surface area contributed by atoms with Crippen molar-refractivity contribution in [1.29, 1.82) is 0 Å². The van der Waals surface area contributed by atoms with Gasteiger partial charge in [0.05, 0.1) is 12.6 Å². The van der Waals surface area contributed by atoms with E-state index in [1.807, 2.05) is 33.8 Å². The van der Waals surface area contributed by atoms with Gasteiger partial charge in [0.2, 0.25) is 5.89 Å². The highest BCUT2D eigenvalue weighted by Crippen LogP contribution is 2.30. The lowest BCUT2D eigenvalue weighted by molar-refractivity contribution is 0.285. The highest BCUT2D eigenvalue weighted by molar-refractivity contribution is 14.0. The maximum absolute atomic E-state index is 14.4. The number of rotatable bonds is 11. The van der Waals surface area contributed by atoms with Crippen molar-refractivity contribution >= 4 is 29.9 Å². The lowest BCUT2D eigenvalue weighted by Gasteiger charge is -2.19. The summed E-state index contributed by atoms with van der Waals surface area (Å²) in [5.74, 6) is 2.92. The second kappa shape index (κ2) is 13.0. The molecule has 1 aromatic carbocycles. The molecule has 0 radical (unpaired) electrons. The Bertz CT molecular complexity index is 870. The molecule has 1 saturated carbocycles. The summed E-state index contributed by atoms with van der Waals surface area (Å²) in [6.07, 6.45) is 3.85. The number of aliphatic imine (C=N–C) groups is 1. The van der Waals surface area contributed by atoms with Gasteiger partial charge in [-0.1, -0.05) is 25.1 Å². The Balaban J connectivity index is 0.00000363. The molecule has 1 unspecified atom stereocenters. The van der Waals surface area contributed by atoms with E-state index in [1.54, 1.807) is 6.07 Å². The maximum atomic E-state index is 14.4. The van der Waals surface area contributed by atoms with E-state index in [4.69, 9.17) is 9.26 Å². The van der Waals surface area contributed by atoms with Gasteiger partial charge in [0, 0.05) is 25.4 Å². The van der Waals surface area contributed by atoms with Gasteiger partial charge in [-0.15, -0.1) is 24.0 Å². The van der Waals surface area contributed by atoms with Crippen molar-refractivity contribution in [3.63, 3.8) is 0 Å². The second-order valence-electron chi connectivity index (χ2n) is 8.38. The van der Waals surface area contributed by atoms with Gasteiger partial charge in [0.25, 0.3) is 0 Å². The summed E-state index contributed by atoms with van der Waals surface area (Å²) in [5.41, 5.74) is 0.842. The Morgan fingerprint density at radius 3 is 2.72 bits per heavy atom. The lowest BCUT2D eigenvalue weighted by Crippen LogP contribution is -2.38. The molecule has 178 valence electrons. The number of nitrogens with zero attached hydrogens (tertiary/aromatic N) is 3. The van der Waals surface area contributed by atoms with E-state index in [2.05, 4.69) is 25.8 Å². The topological polar surface area (TPSA) is 84.6 Å². The van der Waals surface area contributed by atoms with Crippen LogP contribution in [0.15, 0.2) is 27.7 Å². The molecule has 3 rings (SSSR count). The van der Waals surface area contributed by atoms with Crippen LogP contribution in [0, 0.1) is 11.7 Å². The van der Waals surface area contributed by atoms with E-state index in [1.165, 1.54) is 18.9 Å². The van der Waals surface area contributed by atoms with E-state index < -0.39 is 0 Å². The van der Waals surface area contributed by atoms with Crippen molar-refractivity contribution in [3.8, 4) is 5.75 Å². The molecule has 0 bridgehead atoms. The molecule has 2 aromatic rings. The number of guanidine groups is 1. The number of aromatic nitrogens is 2. The Morgan fingerprint density at radius 1 is 1.31 bits per heavy atom. The Hall–Kier alpha value is -1.91. The molecule has 0 amide bonds. The minimum atomic E-state index is -0.325. The van der Waals surface area contributed by atoms with E-state index in [-0.39, 0.29) is 41.8 Å². The van der Waals surface area contributed by atoms with Crippen LogP contribution in [-0.4, -0.2) is 35.8 Å². The highest BCUT2D eigenvalue weighted by atomic mass is 127. The zero-order chi connectivity index (χ0) is 22.2. The van der Waals surface area contributed by atoms with Crippen molar-refractivity contribution in [2.75, 3.05) is 19.7 Å². The number of halogens is 2. The van der Waals surface area contributed by atoms with Crippen LogP contribution in [0.25, 0.3) is 0 Å². The van der Waals surface area contributed by atoms with E-state index in [9.17, 15) is 4.39 Å². The first-order valence-corrected chi connectivity index (χ1v) is 11.3. The van der Waals surface area contributed by atoms with Crippen LogP contribution in [0.5, 0.6) is 5.75 Å². The molecule has 0 saturated heterocycles. The molecule has 1 aliphatic carbocycles. The maximum Gasteiger partial charge on any atom is 0.226 e. The molecule has 9 heteroatoms. The summed E-state index contributed by atoms with van der Waals surface area (Å²) in [6, 6.07) is 5.04. The minimum absolute atomic E-state index is 0. The zero-order valence-electron chi connectivity index (χ0n) is 19.4. The van der Waals surface area contributed by atoms with E-state index in [0.717, 1.165) is 24.4 Å². The summed E-state index contributed by atoms with van der Waals surface area (Å²) in [5, 5.41) is 10.6. The van der Waals surface area contributed by atoms with Gasteiger partial charge in [-0.2, -0.15) is 4.98 Å². The molecular weight excluding hydrogens is 524 g/mol. The molecule has 1 atom stereocenters. The molecule has 7 nitrogen and oxygen atoms in total. The Morgan fingerprint density at radius 2 is 2.09 bits per heavy atom. The van der Waals surface area contributed by atoms with Gasteiger partial charge in [0.15, 0.2) is 23.4 Å². The smallest absolute Gasteiger partial charge is 0.226 e. The number of hydrogen-bond acceptors (Lipinski definition) is 5. The van der Waals surface area contributed by atoms with Crippen molar-refractivity contribution in [3.05, 3.63) is 41.3 Å². The number of hydrogen-bond donors (Lipinski definition) is 2. The van der Waals surface area contributed by atoms with Crippen LogP contribution in [0.1, 0.15) is 76.2 Å². The molecule has 1 heterocycles. The van der Waals surface area contributed by atoms with Crippen LogP contribution in [-0.2, 0) is 6.42 Å². The Labute approximate surface area is 207 Å². The third-order valence-corrected chi connectivity index (χ3v) is 5.14. The van der Waals surface area contributed by atoms with Gasteiger partial charge in [-0.25, -0.2) is 4.39 Å². The van der Waals surface area contributed by atoms with Crippen molar-refractivity contribution in [2.45, 2.75) is 65.3 Å². The predicted octanol–water partition coefficient (Wildman–Crippen LogP) is 4.99. The third kappa shape index (κ3) is 8.22. The molecule has 0 spiro atoms. The van der Waals surface area contributed by atoms with Gasteiger partial charge >= 0.3 is 0 Å². The van der Waals surface area contributed by atoms with Crippen LogP contribution in [0.4, 0.5) is 4.39 Å². The number of aryl methyl sites for hydroxylation is 1. The van der Waals surface area contributed by atoms with Crippen LogP contribution >= 0.6 is 24.0 Å². The van der Waals surface area contributed by atoms with Gasteiger partial charge in [-0.3, -0.25) is 4.99 Å². The largest absolute Gasteiger partial charge is 0.490 e. The summed E-state index contributed by atoms with van der Waals surface area (Å²) >= 11 is 0. The number of ether oxygens (including phenoxy) is 1. The summed E-state index contributed by atoms with van der Waals surface area (Å²) < 4.78 is 25.3. The fourth-order valence-corrected chi connectivity index (χ4v) is 3.03. The van der Waals surface area contributed by atoms with Gasteiger partial charge < -0.3 is 19.9 Å². The van der Waals surface area contributed by atoms with Crippen LogP contribution < -0.4 is 15.4 Å². The van der Waals surface area contributed by atoms with Gasteiger partial charge in [0.1, 0.15) is 0 Å². The molecule has 1 aliphatic rings. The average molecular weight is 559 g/mol. The molecule has 1 fully saturated rings. The summed E-state index contributed by atoms with van der Waals surface area (Å²) in [6.45, 7) is 10.0. The first-order valence-electron chi connectivity index (χ1n) is 11.3. The van der Waals surface area contributed by atoms with E-state index in [0.29, 0.717) is 43.1 Å². The first-order chi connectivity index (χ1) is 15.0. The third-order valence-electron chi connectivity index (χ3n) is 5.14. The second-order valence-corrected chi connectivity index (χ2v) is 8.38. The lowest BCUT2D eigenvalue weighted by atomic mass is 10.1. The highest BCUT2D eigenvalue weighted by Gasteiger charge is 2.22. The quantitative estimate of drug-likeness (QED) is 0.175. The number of benzene rings is 1. The summed E-state index contributed by atoms with van der Waals surface area (Å²) in [4.78, 5) is 9.01. The standard InChI is InChI=1S/C23H34FN5O2.HI/c1-5-25-23(26-12-6-7-21-28-22(15(2)3)29-31-21)27-16(4)18-10-11-20(19(24)13-18)30-14-17-8-9-17;/h10-11,13,15-17H,5-9,12,14H2,1-4H3,(H2,25,26,27);1H. The molecule has 2 N–H and O–H groups in total. The average Bonchev–Trinajstić information content (AvgIpc) is 3.45. The molecule has 0 aliphatic heterocycles. The molecular formula is C23H35FIN5O2. The number of nitrogens with one attached hydrogen (secondary N) is 2. The minimum Gasteiger partial charge on any atom is -0.490 e. The fraction of sp³-hybridized carbons (Fsp3) is 0.609. The van der Waals surface area contributed by atoms with Gasteiger partial charge in [-0.05, 0) is 56.7 Å². The molecule has 1 aromatic heterocycles. The summed E-state index contributed by atoms with van der Waals surface area (Å²) in [7, 11) is 0. The van der Waals surface area contributed by atoms with Crippen LogP contribution in [0.2, 0.25) is 0 Å². The van der Waals surface area contributed by atoms with Crippen molar-refractivity contribution in [1.82, 2.24) is 20.8 Å². The zero-order valence-corrected chi connectivity index (χ0v) is 21.7. The monoisotopic (exact) mass is 559 g/mol. The van der Waals surface area contributed by atoms with E-state index >= 15 is 0 Å². The SMILES string of the molecule is CCNC(=NCCCc1nc(C(C)C)no1)NC(C)c1ccc(OCC2CC2)c(F)c1.I. The first kappa shape index (κ1) is 26.3. The Kier molecular flexibility index (Phi) is 10.7. The fourth-order valence-electron chi connectivity index (χ4n) is 3.03.